The third-order valence-electron chi connectivity index (χ3n) is 3.54. The number of nitriles is 1. The number of benzene rings is 1. The van der Waals surface area contributed by atoms with Gasteiger partial charge in [-0.15, -0.1) is 0 Å². The third kappa shape index (κ3) is 3.91. The van der Waals surface area contributed by atoms with Gasteiger partial charge in [0.15, 0.2) is 5.13 Å². The van der Waals surface area contributed by atoms with Crippen LogP contribution in [0.2, 0.25) is 0 Å². The van der Waals surface area contributed by atoms with Gasteiger partial charge in [-0.2, -0.15) is 5.26 Å². The second kappa shape index (κ2) is 7.63. The van der Waals surface area contributed by atoms with E-state index in [0.29, 0.717) is 22.0 Å². The summed E-state index contributed by atoms with van der Waals surface area (Å²) in [6.45, 7) is 0. The van der Waals surface area contributed by atoms with Gasteiger partial charge in [-0.25, -0.2) is 14.8 Å². The van der Waals surface area contributed by atoms with E-state index in [0.717, 1.165) is 11.3 Å². The number of carbonyl (C=O) groups excluding carboxylic acids is 1. The van der Waals surface area contributed by atoms with Crippen LogP contribution in [0.5, 0.6) is 5.88 Å². The fourth-order valence-corrected chi connectivity index (χ4v) is 3.03. The number of amides is 1. The van der Waals surface area contributed by atoms with Crippen molar-refractivity contribution in [2.75, 3.05) is 12.4 Å². The molecule has 0 saturated heterocycles. The Kier molecular flexibility index (Phi) is 5.10. The van der Waals surface area contributed by atoms with Crippen LogP contribution in [0.3, 0.4) is 0 Å². The van der Waals surface area contributed by atoms with Gasteiger partial charge >= 0.3 is 5.97 Å². The summed E-state index contributed by atoms with van der Waals surface area (Å²) in [5.41, 5.74) is 1.19. The quantitative estimate of drug-likeness (QED) is 0.697. The fraction of sp³-hybridized carbons (Fsp3) is 0.0556. The summed E-state index contributed by atoms with van der Waals surface area (Å²) >= 11 is 1.02. The van der Waals surface area contributed by atoms with Crippen molar-refractivity contribution >= 4 is 28.3 Å². The summed E-state index contributed by atoms with van der Waals surface area (Å²) in [5, 5.41) is 21.2. The highest BCUT2D eigenvalue weighted by molar-refractivity contribution is 7.16. The maximum Gasteiger partial charge on any atom is 0.335 e. The molecule has 0 spiro atoms. The zero-order chi connectivity index (χ0) is 19.4. The molecule has 2 heterocycles. The Morgan fingerprint density at radius 3 is 2.67 bits per heavy atom. The summed E-state index contributed by atoms with van der Waals surface area (Å²) in [6, 6.07) is 11.0. The number of pyridine rings is 1. The molecule has 0 saturated carbocycles. The summed E-state index contributed by atoms with van der Waals surface area (Å²) in [4.78, 5) is 32.1. The first-order chi connectivity index (χ1) is 13.0. The lowest BCUT2D eigenvalue weighted by atomic mass is 10.1. The standard InChI is InChI=1S/C18H12N4O4S/c1-26-14-6-5-12(9-20-14)15-13(8-19)27-18(21-15)22-16(23)10-3-2-4-11(7-10)17(24)25/h2-7,9H,1H3,(H,24,25)(H,21,22,23). The molecule has 134 valence electrons. The zero-order valence-electron chi connectivity index (χ0n) is 14.0. The Morgan fingerprint density at radius 2 is 2.04 bits per heavy atom. The molecule has 0 aliphatic rings. The topological polar surface area (TPSA) is 125 Å². The number of methoxy groups -OCH3 is 1. The second-order valence-corrected chi connectivity index (χ2v) is 6.24. The number of aromatic carboxylic acids is 1. The molecule has 0 bridgehead atoms. The molecule has 2 N–H and O–H groups in total. The number of anilines is 1. The van der Waals surface area contributed by atoms with Crippen LogP contribution in [0.25, 0.3) is 11.3 Å². The monoisotopic (exact) mass is 380 g/mol. The van der Waals surface area contributed by atoms with E-state index in [1.165, 1.54) is 37.6 Å². The highest BCUT2D eigenvalue weighted by Gasteiger charge is 2.16. The molecule has 0 atom stereocenters. The minimum atomic E-state index is -1.13. The van der Waals surface area contributed by atoms with Crippen molar-refractivity contribution in [2.45, 2.75) is 0 Å². The largest absolute Gasteiger partial charge is 0.481 e. The van der Waals surface area contributed by atoms with Crippen LogP contribution in [-0.4, -0.2) is 34.1 Å². The average Bonchev–Trinajstić information content (AvgIpc) is 3.10. The third-order valence-corrected chi connectivity index (χ3v) is 4.42. The molecule has 0 unspecified atom stereocenters. The van der Waals surface area contributed by atoms with E-state index in [9.17, 15) is 14.9 Å². The summed E-state index contributed by atoms with van der Waals surface area (Å²) in [7, 11) is 1.50. The molecule has 3 rings (SSSR count). The van der Waals surface area contributed by atoms with Gasteiger partial charge in [0.05, 0.1) is 12.7 Å². The summed E-state index contributed by atoms with van der Waals surface area (Å²) < 4.78 is 5.00. The van der Waals surface area contributed by atoms with E-state index in [1.807, 2.05) is 6.07 Å². The van der Waals surface area contributed by atoms with E-state index in [4.69, 9.17) is 9.84 Å². The smallest absolute Gasteiger partial charge is 0.335 e. The first-order valence-corrected chi connectivity index (χ1v) is 8.39. The molecular weight excluding hydrogens is 368 g/mol. The minimum Gasteiger partial charge on any atom is -0.481 e. The van der Waals surface area contributed by atoms with Crippen LogP contribution in [0.4, 0.5) is 5.13 Å². The SMILES string of the molecule is COc1ccc(-c2nc(NC(=O)c3cccc(C(=O)O)c3)sc2C#N)cn1. The molecule has 2 aromatic heterocycles. The molecule has 9 heteroatoms. The molecule has 0 aliphatic carbocycles. The normalized spacial score (nSPS) is 10.1. The second-order valence-electron chi connectivity index (χ2n) is 5.24. The van der Waals surface area contributed by atoms with Gasteiger partial charge in [0.1, 0.15) is 16.6 Å². The number of carboxylic acid groups (broad SMARTS) is 1. The molecule has 0 aliphatic heterocycles. The molecular formula is C18H12N4O4S. The lowest BCUT2D eigenvalue weighted by Gasteiger charge is -2.03. The van der Waals surface area contributed by atoms with Gasteiger partial charge in [-0.3, -0.25) is 10.1 Å². The fourth-order valence-electron chi connectivity index (χ4n) is 2.25. The van der Waals surface area contributed by atoms with E-state index in [2.05, 4.69) is 15.3 Å². The van der Waals surface area contributed by atoms with E-state index < -0.39 is 11.9 Å². The van der Waals surface area contributed by atoms with Crippen LogP contribution in [0, 0.1) is 11.3 Å². The van der Waals surface area contributed by atoms with Crippen molar-refractivity contribution < 1.29 is 19.4 Å². The number of thiazole rings is 1. The van der Waals surface area contributed by atoms with Crippen molar-refractivity contribution in [1.29, 1.82) is 5.26 Å². The van der Waals surface area contributed by atoms with Gasteiger partial charge < -0.3 is 9.84 Å². The highest BCUT2D eigenvalue weighted by Crippen LogP contribution is 2.31. The Balaban J connectivity index is 1.86. The number of nitrogens with one attached hydrogen (secondary N) is 1. The van der Waals surface area contributed by atoms with E-state index >= 15 is 0 Å². The maximum absolute atomic E-state index is 12.4. The number of ether oxygens (including phenoxy) is 1. The van der Waals surface area contributed by atoms with Gasteiger partial charge in [0.2, 0.25) is 5.88 Å². The summed E-state index contributed by atoms with van der Waals surface area (Å²) in [5.74, 6) is -1.21. The minimum absolute atomic E-state index is 0.00417. The number of carboxylic acids is 1. The van der Waals surface area contributed by atoms with Crippen LogP contribution in [0.1, 0.15) is 25.6 Å². The zero-order valence-corrected chi connectivity index (χ0v) is 14.8. The summed E-state index contributed by atoms with van der Waals surface area (Å²) in [6.07, 6.45) is 1.52. The van der Waals surface area contributed by atoms with Crippen molar-refractivity contribution in [3.8, 4) is 23.2 Å². The lowest BCUT2D eigenvalue weighted by molar-refractivity contribution is 0.0697. The number of carbonyl (C=O) groups is 2. The van der Waals surface area contributed by atoms with Crippen LogP contribution >= 0.6 is 11.3 Å². The number of nitrogens with zero attached hydrogens (tertiary/aromatic N) is 3. The molecule has 1 amide bonds. The molecule has 0 fully saturated rings. The van der Waals surface area contributed by atoms with Gasteiger partial charge in [0, 0.05) is 23.4 Å². The Morgan fingerprint density at radius 1 is 1.26 bits per heavy atom. The van der Waals surface area contributed by atoms with Crippen LogP contribution in [0.15, 0.2) is 42.6 Å². The molecule has 0 radical (unpaired) electrons. The van der Waals surface area contributed by atoms with Gasteiger partial charge in [-0.1, -0.05) is 17.4 Å². The predicted octanol–water partition coefficient (Wildman–Crippen LogP) is 3.04. The Hall–Kier alpha value is -3.77. The van der Waals surface area contributed by atoms with Crippen LogP contribution < -0.4 is 10.1 Å². The first kappa shape index (κ1) is 18.0. The van der Waals surface area contributed by atoms with Gasteiger partial charge in [-0.05, 0) is 24.3 Å². The van der Waals surface area contributed by atoms with Crippen molar-refractivity contribution in [2.24, 2.45) is 0 Å². The molecule has 1 aromatic carbocycles. The van der Waals surface area contributed by atoms with Crippen molar-refractivity contribution in [3.63, 3.8) is 0 Å². The van der Waals surface area contributed by atoms with Crippen LogP contribution in [-0.2, 0) is 0 Å². The number of hydrogen-bond donors (Lipinski definition) is 2. The molecule has 8 nitrogen and oxygen atoms in total. The predicted molar refractivity (Wildman–Crippen MR) is 98.0 cm³/mol. The maximum atomic E-state index is 12.4. The lowest BCUT2D eigenvalue weighted by Crippen LogP contribution is -2.12. The van der Waals surface area contributed by atoms with Gasteiger partial charge in [0.25, 0.3) is 5.91 Å². The Labute approximate surface area is 157 Å². The number of hydrogen-bond acceptors (Lipinski definition) is 7. The molecule has 27 heavy (non-hydrogen) atoms. The average molecular weight is 380 g/mol. The molecule has 3 aromatic rings. The highest BCUT2D eigenvalue weighted by atomic mass is 32.1. The number of aromatic nitrogens is 2. The Bertz CT molecular complexity index is 1050. The van der Waals surface area contributed by atoms with Crippen molar-refractivity contribution in [1.82, 2.24) is 9.97 Å². The number of rotatable bonds is 5. The van der Waals surface area contributed by atoms with E-state index in [1.54, 1.807) is 12.1 Å². The first-order valence-electron chi connectivity index (χ1n) is 7.58. The van der Waals surface area contributed by atoms with E-state index in [-0.39, 0.29) is 16.3 Å². The van der Waals surface area contributed by atoms with Crippen molar-refractivity contribution in [3.05, 3.63) is 58.6 Å².